The lowest BCUT2D eigenvalue weighted by atomic mass is 10.2. The zero-order valence-electron chi connectivity index (χ0n) is 14.9. The SMILES string of the molecule is CCOCCCCNC(=NC)NCc1cc(Br)c(OC)c(OC)c1. The van der Waals surface area contributed by atoms with E-state index in [0.29, 0.717) is 18.0 Å². The fourth-order valence-electron chi connectivity index (χ4n) is 2.16. The van der Waals surface area contributed by atoms with Crippen molar-refractivity contribution in [3.05, 3.63) is 22.2 Å². The summed E-state index contributed by atoms with van der Waals surface area (Å²) in [6, 6.07) is 3.95. The molecule has 1 aromatic rings. The number of nitrogens with one attached hydrogen (secondary N) is 2. The van der Waals surface area contributed by atoms with Crippen molar-refractivity contribution in [2.45, 2.75) is 26.3 Å². The van der Waals surface area contributed by atoms with Crippen LogP contribution in [0.5, 0.6) is 11.5 Å². The molecule has 0 spiro atoms. The third kappa shape index (κ3) is 6.97. The van der Waals surface area contributed by atoms with E-state index in [-0.39, 0.29) is 0 Å². The Hall–Kier alpha value is -1.47. The molecule has 24 heavy (non-hydrogen) atoms. The Balaban J connectivity index is 2.47. The number of aliphatic imine (C=N–C) groups is 1. The van der Waals surface area contributed by atoms with Crippen LogP contribution in [0.15, 0.2) is 21.6 Å². The molecule has 0 aliphatic carbocycles. The van der Waals surface area contributed by atoms with Gasteiger partial charge in [-0.25, -0.2) is 0 Å². The van der Waals surface area contributed by atoms with Crippen molar-refractivity contribution >= 4 is 21.9 Å². The highest BCUT2D eigenvalue weighted by Crippen LogP contribution is 2.36. The van der Waals surface area contributed by atoms with Crippen molar-refractivity contribution in [3.8, 4) is 11.5 Å². The molecule has 0 saturated heterocycles. The van der Waals surface area contributed by atoms with Crippen LogP contribution in [0, 0.1) is 0 Å². The summed E-state index contributed by atoms with van der Waals surface area (Å²) < 4.78 is 16.9. The molecular weight excluding hydrogens is 374 g/mol. The van der Waals surface area contributed by atoms with Gasteiger partial charge in [-0.2, -0.15) is 0 Å². The predicted molar refractivity (Wildman–Crippen MR) is 101 cm³/mol. The summed E-state index contributed by atoms with van der Waals surface area (Å²) in [5, 5.41) is 6.59. The van der Waals surface area contributed by atoms with Gasteiger partial charge in [-0.15, -0.1) is 0 Å². The van der Waals surface area contributed by atoms with E-state index in [4.69, 9.17) is 14.2 Å². The van der Waals surface area contributed by atoms with Crippen LogP contribution in [0.25, 0.3) is 0 Å². The van der Waals surface area contributed by atoms with Crippen molar-refractivity contribution in [1.29, 1.82) is 0 Å². The van der Waals surface area contributed by atoms with Gasteiger partial charge < -0.3 is 24.8 Å². The Morgan fingerprint density at radius 3 is 2.58 bits per heavy atom. The van der Waals surface area contributed by atoms with Gasteiger partial charge in [0.15, 0.2) is 17.5 Å². The number of benzene rings is 1. The van der Waals surface area contributed by atoms with Gasteiger partial charge in [0, 0.05) is 33.4 Å². The number of guanidine groups is 1. The van der Waals surface area contributed by atoms with Crippen LogP contribution in [0.4, 0.5) is 0 Å². The van der Waals surface area contributed by atoms with Gasteiger partial charge in [-0.05, 0) is 53.4 Å². The molecule has 0 unspecified atom stereocenters. The Morgan fingerprint density at radius 2 is 1.96 bits per heavy atom. The normalized spacial score (nSPS) is 11.3. The van der Waals surface area contributed by atoms with E-state index in [2.05, 4.69) is 31.6 Å². The first-order valence-electron chi connectivity index (χ1n) is 8.08. The van der Waals surface area contributed by atoms with E-state index in [1.807, 2.05) is 19.1 Å². The van der Waals surface area contributed by atoms with Crippen molar-refractivity contribution in [3.63, 3.8) is 0 Å². The van der Waals surface area contributed by atoms with E-state index in [1.54, 1.807) is 21.3 Å². The summed E-state index contributed by atoms with van der Waals surface area (Å²) in [5.41, 5.74) is 1.07. The molecule has 0 heterocycles. The molecule has 6 nitrogen and oxygen atoms in total. The number of halogens is 1. The zero-order chi connectivity index (χ0) is 17.8. The minimum Gasteiger partial charge on any atom is -0.493 e. The first-order chi connectivity index (χ1) is 11.7. The maximum atomic E-state index is 5.36. The largest absolute Gasteiger partial charge is 0.493 e. The fourth-order valence-corrected chi connectivity index (χ4v) is 2.81. The topological polar surface area (TPSA) is 64.1 Å². The van der Waals surface area contributed by atoms with Crippen LogP contribution in [0.2, 0.25) is 0 Å². The minimum absolute atomic E-state index is 0.636. The molecule has 0 atom stereocenters. The zero-order valence-corrected chi connectivity index (χ0v) is 16.5. The van der Waals surface area contributed by atoms with Gasteiger partial charge in [0.1, 0.15) is 0 Å². The smallest absolute Gasteiger partial charge is 0.191 e. The summed E-state index contributed by atoms with van der Waals surface area (Å²) >= 11 is 3.50. The Kier molecular flexibility index (Phi) is 10.3. The van der Waals surface area contributed by atoms with Crippen LogP contribution in [0.3, 0.4) is 0 Å². The molecule has 0 aliphatic rings. The van der Waals surface area contributed by atoms with E-state index >= 15 is 0 Å². The molecular formula is C17H28BrN3O3. The predicted octanol–water partition coefficient (Wildman–Crippen LogP) is 2.95. The molecule has 0 saturated carbocycles. The molecule has 0 fully saturated rings. The van der Waals surface area contributed by atoms with Crippen LogP contribution in [-0.2, 0) is 11.3 Å². The highest BCUT2D eigenvalue weighted by atomic mass is 79.9. The quantitative estimate of drug-likeness (QED) is 0.358. The molecule has 136 valence electrons. The second-order valence-electron chi connectivity index (χ2n) is 5.07. The van der Waals surface area contributed by atoms with Gasteiger partial charge in [0.25, 0.3) is 0 Å². The molecule has 0 bridgehead atoms. The van der Waals surface area contributed by atoms with Crippen LogP contribution in [0.1, 0.15) is 25.3 Å². The van der Waals surface area contributed by atoms with Gasteiger partial charge in [0.2, 0.25) is 0 Å². The maximum absolute atomic E-state index is 5.36. The Bertz CT molecular complexity index is 524. The van der Waals surface area contributed by atoms with E-state index in [0.717, 1.165) is 48.6 Å². The number of ether oxygens (including phenoxy) is 3. The summed E-state index contributed by atoms with van der Waals surface area (Å²) in [7, 11) is 5.02. The third-order valence-corrected chi connectivity index (χ3v) is 3.98. The summed E-state index contributed by atoms with van der Waals surface area (Å²) in [6.45, 7) is 5.10. The average Bonchev–Trinajstić information content (AvgIpc) is 2.59. The highest BCUT2D eigenvalue weighted by molar-refractivity contribution is 9.10. The molecule has 0 radical (unpaired) electrons. The van der Waals surface area contributed by atoms with Crippen molar-refractivity contribution in [1.82, 2.24) is 10.6 Å². The monoisotopic (exact) mass is 401 g/mol. The number of unbranched alkanes of at least 4 members (excludes halogenated alkanes) is 1. The molecule has 0 aliphatic heterocycles. The number of nitrogens with zero attached hydrogens (tertiary/aromatic N) is 1. The van der Waals surface area contributed by atoms with Gasteiger partial charge in [-0.1, -0.05) is 0 Å². The number of methoxy groups -OCH3 is 2. The van der Waals surface area contributed by atoms with Gasteiger partial charge in [-0.3, -0.25) is 4.99 Å². The lowest BCUT2D eigenvalue weighted by molar-refractivity contribution is 0.143. The summed E-state index contributed by atoms with van der Waals surface area (Å²) in [4.78, 5) is 4.23. The van der Waals surface area contributed by atoms with E-state index < -0.39 is 0 Å². The molecule has 2 N–H and O–H groups in total. The van der Waals surface area contributed by atoms with Gasteiger partial charge >= 0.3 is 0 Å². The number of hydrogen-bond acceptors (Lipinski definition) is 4. The first-order valence-corrected chi connectivity index (χ1v) is 8.88. The second-order valence-corrected chi connectivity index (χ2v) is 5.92. The standard InChI is InChI=1S/C17H28BrN3O3/c1-5-24-9-7-6-8-20-17(19-2)21-12-13-10-14(18)16(23-4)15(11-13)22-3/h10-11H,5-9,12H2,1-4H3,(H2,19,20,21). The fraction of sp³-hybridized carbons (Fsp3) is 0.588. The van der Waals surface area contributed by atoms with Crippen molar-refractivity contribution < 1.29 is 14.2 Å². The van der Waals surface area contributed by atoms with Crippen LogP contribution in [-0.4, -0.2) is 47.0 Å². The van der Waals surface area contributed by atoms with Crippen LogP contribution >= 0.6 is 15.9 Å². The minimum atomic E-state index is 0.636. The summed E-state index contributed by atoms with van der Waals surface area (Å²) in [5.74, 6) is 2.16. The molecule has 1 rings (SSSR count). The molecule has 1 aromatic carbocycles. The highest BCUT2D eigenvalue weighted by Gasteiger charge is 2.10. The first kappa shape index (κ1) is 20.6. The Morgan fingerprint density at radius 1 is 1.17 bits per heavy atom. The van der Waals surface area contributed by atoms with Crippen LogP contribution < -0.4 is 20.1 Å². The molecule has 7 heteroatoms. The average molecular weight is 402 g/mol. The van der Waals surface area contributed by atoms with Crippen molar-refractivity contribution in [2.75, 3.05) is 41.0 Å². The second kappa shape index (κ2) is 12.0. The summed E-state index contributed by atoms with van der Waals surface area (Å²) in [6.07, 6.45) is 2.09. The van der Waals surface area contributed by atoms with Crippen molar-refractivity contribution in [2.24, 2.45) is 4.99 Å². The maximum Gasteiger partial charge on any atom is 0.191 e. The molecule has 0 aromatic heterocycles. The lowest BCUT2D eigenvalue weighted by Gasteiger charge is -2.14. The molecule has 0 amide bonds. The third-order valence-electron chi connectivity index (χ3n) is 3.39. The van der Waals surface area contributed by atoms with E-state index in [1.165, 1.54) is 0 Å². The Labute approximate surface area is 153 Å². The lowest BCUT2D eigenvalue weighted by Crippen LogP contribution is -2.37. The number of hydrogen-bond donors (Lipinski definition) is 2. The number of rotatable bonds is 10. The van der Waals surface area contributed by atoms with E-state index in [9.17, 15) is 0 Å². The van der Waals surface area contributed by atoms with Gasteiger partial charge in [0.05, 0.1) is 18.7 Å².